The van der Waals surface area contributed by atoms with Crippen LogP contribution in [0.1, 0.15) is 26.2 Å². The van der Waals surface area contributed by atoms with Crippen molar-refractivity contribution in [2.45, 2.75) is 38.8 Å². The summed E-state index contributed by atoms with van der Waals surface area (Å²) in [5, 5.41) is 3.54. The monoisotopic (exact) mass is 284 g/mol. The van der Waals surface area contributed by atoms with E-state index in [-0.39, 0.29) is 5.75 Å². The third-order valence-electron chi connectivity index (χ3n) is 3.53. The largest absolute Gasteiger partial charge is 0.435 e. The first kappa shape index (κ1) is 15.0. The van der Waals surface area contributed by atoms with Gasteiger partial charge in [0.05, 0.1) is 0 Å². The summed E-state index contributed by atoms with van der Waals surface area (Å²) < 4.78 is 28.6. The Labute approximate surface area is 118 Å². The Morgan fingerprint density at radius 3 is 2.75 bits per heavy atom. The van der Waals surface area contributed by atoms with Crippen molar-refractivity contribution >= 4 is 5.69 Å². The smallest absolute Gasteiger partial charge is 0.387 e. The van der Waals surface area contributed by atoms with Crippen molar-refractivity contribution in [1.29, 1.82) is 0 Å². The zero-order valence-corrected chi connectivity index (χ0v) is 11.8. The molecule has 112 valence electrons. The first-order chi connectivity index (χ1) is 9.69. The lowest BCUT2D eigenvalue weighted by Crippen LogP contribution is -2.46. The third kappa shape index (κ3) is 4.34. The fraction of sp³-hybridized carbons (Fsp3) is 0.600. The summed E-state index contributed by atoms with van der Waals surface area (Å²) in [5.74, 6) is 0.210. The molecule has 0 radical (unpaired) electrons. The molecular weight excluding hydrogens is 262 g/mol. The number of hydrogen-bond acceptors (Lipinski definition) is 3. The highest BCUT2D eigenvalue weighted by molar-refractivity contribution is 5.49. The summed E-state index contributed by atoms with van der Waals surface area (Å²) in [6.07, 6.45) is 3.48. The lowest BCUT2D eigenvalue weighted by molar-refractivity contribution is -0.0498. The summed E-state index contributed by atoms with van der Waals surface area (Å²) in [4.78, 5) is 2.29. The molecule has 2 rings (SSSR count). The van der Waals surface area contributed by atoms with E-state index in [9.17, 15) is 8.78 Å². The van der Waals surface area contributed by atoms with Gasteiger partial charge in [0.15, 0.2) is 0 Å². The zero-order valence-electron chi connectivity index (χ0n) is 11.8. The first-order valence-electron chi connectivity index (χ1n) is 7.22. The van der Waals surface area contributed by atoms with Crippen LogP contribution in [-0.2, 0) is 0 Å². The Balaban J connectivity index is 1.93. The topological polar surface area (TPSA) is 24.5 Å². The van der Waals surface area contributed by atoms with Crippen LogP contribution in [-0.4, -0.2) is 32.3 Å². The van der Waals surface area contributed by atoms with Crippen LogP contribution in [0.4, 0.5) is 14.5 Å². The molecule has 0 aliphatic carbocycles. The molecule has 0 aromatic heterocycles. The van der Waals surface area contributed by atoms with Gasteiger partial charge in [-0.3, -0.25) is 0 Å². The minimum Gasteiger partial charge on any atom is -0.435 e. The molecule has 1 unspecified atom stereocenters. The van der Waals surface area contributed by atoms with E-state index in [0.29, 0.717) is 6.04 Å². The number of rotatable bonds is 6. The average Bonchev–Trinajstić information content (AvgIpc) is 2.45. The molecule has 5 heteroatoms. The molecule has 1 fully saturated rings. The minimum absolute atomic E-state index is 0.210. The predicted octanol–water partition coefficient (Wildman–Crippen LogP) is 3.26. The SMILES string of the molecule is CCCNC1CCCN(c2ccc(OC(F)F)cc2)C1. The maximum absolute atomic E-state index is 12.1. The standard InChI is InChI=1S/C15H22F2N2O/c1-2-9-18-12-4-3-10-19(11-12)13-5-7-14(8-6-13)20-15(16)17/h5-8,12,15,18H,2-4,9-11H2,1H3. The highest BCUT2D eigenvalue weighted by Gasteiger charge is 2.19. The molecule has 1 aliphatic heterocycles. The van der Waals surface area contributed by atoms with Crippen LogP contribution in [0.15, 0.2) is 24.3 Å². The van der Waals surface area contributed by atoms with E-state index in [0.717, 1.165) is 38.2 Å². The Bertz CT molecular complexity index is 397. The van der Waals surface area contributed by atoms with Crippen LogP contribution in [0.5, 0.6) is 5.75 Å². The molecule has 1 aromatic carbocycles. The lowest BCUT2D eigenvalue weighted by Gasteiger charge is -2.35. The minimum atomic E-state index is -2.77. The van der Waals surface area contributed by atoms with E-state index in [1.54, 1.807) is 12.1 Å². The number of ether oxygens (including phenoxy) is 1. The molecule has 20 heavy (non-hydrogen) atoms. The quantitative estimate of drug-likeness (QED) is 0.868. The number of anilines is 1. The Morgan fingerprint density at radius 2 is 2.10 bits per heavy atom. The number of halogens is 2. The van der Waals surface area contributed by atoms with Gasteiger partial charge in [-0.2, -0.15) is 8.78 Å². The maximum Gasteiger partial charge on any atom is 0.387 e. The average molecular weight is 284 g/mol. The van der Waals surface area contributed by atoms with E-state index in [4.69, 9.17) is 0 Å². The molecule has 1 aliphatic rings. The van der Waals surface area contributed by atoms with E-state index in [2.05, 4.69) is 21.9 Å². The second kappa shape index (κ2) is 7.43. The van der Waals surface area contributed by atoms with Crippen LogP contribution in [0.3, 0.4) is 0 Å². The van der Waals surface area contributed by atoms with Gasteiger partial charge < -0.3 is 15.0 Å². The van der Waals surface area contributed by atoms with Crippen molar-refractivity contribution in [3.63, 3.8) is 0 Å². The molecule has 1 atom stereocenters. The fourth-order valence-electron chi connectivity index (χ4n) is 2.57. The molecule has 1 N–H and O–H groups in total. The molecular formula is C15H22F2N2O. The molecule has 0 bridgehead atoms. The first-order valence-corrected chi connectivity index (χ1v) is 7.22. The summed E-state index contributed by atoms with van der Waals surface area (Å²) in [7, 11) is 0. The summed E-state index contributed by atoms with van der Waals surface area (Å²) in [6.45, 7) is 2.42. The van der Waals surface area contributed by atoms with Crippen molar-refractivity contribution in [3.8, 4) is 5.75 Å². The van der Waals surface area contributed by atoms with Gasteiger partial charge in [0.2, 0.25) is 0 Å². The Kier molecular flexibility index (Phi) is 5.59. The van der Waals surface area contributed by atoms with Gasteiger partial charge in [-0.15, -0.1) is 0 Å². The normalized spacial score (nSPS) is 19.4. The van der Waals surface area contributed by atoms with Gasteiger partial charge in [-0.1, -0.05) is 6.92 Å². The van der Waals surface area contributed by atoms with Gasteiger partial charge >= 0.3 is 6.61 Å². The van der Waals surface area contributed by atoms with Crippen LogP contribution in [0.25, 0.3) is 0 Å². The maximum atomic E-state index is 12.1. The lowest BCUT2D eigenvalue weighted by atomic mass is 10.0. The fourth-order valence-corrected chi connectivity index (χ4v) is 2.57. The predicted molar refractivity (Wildman–Crippen MR) is 76.6 cm³/mol. The van der Waals surface area contributed by atoms with E-state index in [1.807, 2.05) is 12.1 Å². The van der Waals surface area contributed by atoms with Gasteiger partial charge in [0.25, 0.3) is 0 Å². The highest BCUT2D eigenvalue weighted by Crippen LogP contribution is 2.23. The van der Waals surface area contributed by atoms with Gasteiger partial charge in [0, 0.05) is 24.8 Å². The van der Waals surface area contributed by atoms with Crippen LogP contribution in [0.2, 0.25) is 0 Å². The number of benzene rings is 1. The van der Waals surface area contributed by atoms with Crippen molar-refractivity contribution < 1.29 is 13.5 Å². The highest BCUT2D eigenvalue weighted by atomic mass is 19.3. The van der Waals surface area contributed by atoms with Crippen LogP contribution in [0, 0.1) is 0 Å². The second-order valence-corrected chi connectivity index (χ2v) is 5.11. The molecule has 1 aromatic rings. The van der Waals surface area contributed by atoms with Crippen molar-refractivity contribution in [1.82, 2.24) is 5.32 Å². The van der Waals surface area contributed by atoms with Crippen LogP contribution >= 0.6 is 0 Å². The number of nitrogens with one attached hydrogen (secondary N) is 1. The van der Waals surface area contributed by atoms with Gasteiger partial charge in [-0.05, 0) is 50.1 Å². The molecule has 3 nitrogen and oxygen atoms in total. The van der Waals surface area contributed by atoms with Gasteiger partial charge in [-0.25, -0.2) is 0 Å². The number of alkyl halides is 2. The number of piperidine rings is 1. The molecule has 0 saturated carbocycles. The number of nitrogens with zero attached hydrogens (tertiary/aromatic N) is 1. The zero-order chi connectivity index (χ0) is 14.4. The van der Waals surface area contributed by atoms with Crippen molar-refractivity contribution in [3.05, 3.63) is 24.3 Å². The summed E-state index contributed by atoms with van der Waals surface area (Å²) in [5.41, 5.74) is 1.06. The van der Waals surface area contributed by atoms with E-state index in [1.165, 1.54) is 6.42 Å². The Morgan fingerprint density at radius 1 is 1.35 bits per heavy atom. The van der Waals surface area contributed by atoms with Crippen LogP contribution < -0.4 is 15.0 Å². The third-order valence-corrected chi connectivity index (χ3v) is 3.53. The Hall–Kier alpha value is -1.36. The second-order valence-electron chi connectivity index (χ2n) is 5.11. The number of hydrogen-bond donors (Lipinski definition) is 1. The molecule has 0 amide bonds. The summed E-state index contributed by atoms with van der Waals surface area (Å²) >= 11 is 0. The molecule has 1 saturated heterocycles. The molecule has 0 spiro atoms. The van der Waals surface area contributed by atoms with E-state index >= 15 is 0 Å². The summed E-state index contributed by atoms with van der Waals surface area (Å²) in [6, 6.07) is 7.41. The molecule has 1 heterocycles. The van der Waals surface area contributed by atoms with Crippen molar-refractivity contribution in [2.75, 3.05) is 24.5 Å². The van der Waals surface area contributed by atoms with E-state index < -0.39 is 6.61 Å². The van der Waals surface area contributed by atoms with Gasteiger partial charge in [0.1, 0.15) is 5.75 Å². The van der Waals surface area contributed by atoms with Crippen molar-refractivity contribution in [2.24, 2.45) is 0 Å².